The van der Waals surface area contributed by atoms with Gasteiger partial charge in [-0.1, -0.05) is 6.07 Å². The quantitative estimate of drug-likeness (QED) is 0.211. The molecular formula is C26H24BrN3O7. The molecule has 0 unspecified atom stereocenters. The Morgan fingerprint density at radius 1 is 1.08 bits per heavy atom. The van der Waals surface area contributed by atoms with Gasteiger partial charge in [-0.3, -0.25) is 14.9 Å². The molecule has 1 heterocycles. The van der Waals surface area contributed by atoms with Crippen LogP contribution in [0.1, 0.15) is 23.6 Å². The van der Waals surface area contributed by atoms with Crippen LogP contribution in [0.3, 0.4) is 0 Å². The van der Waals surface area contributed by atoms with E-state index in [-0.39, 0.29) is 24.6 Å². The van der Waals surface area contributed by atoms with E-state index in [2.05, 4.69) is 26.5 Å². The van der Waals surface area contributed by atoms with Gasteiger partial charge in [-0.25, -0.2) is 5.43 Å². The van der Waals surface area contributed by atoms with Crippen LogP contribution < -0.4 is 24.4 Å². The average molecular weight is 570 g/mol. The summed E-state index contributed by atoms with van der Waals surface area (Å²) in [5.41, 5.74) is 4.78. The van der Waals surface area contributed by atoms with E-state index in [1.165, 1.54) is 18.3 Å². The first-order chi connectivity index (χ1) is 17.9. The second-order valence-corrected chi connectivity index (χ2v) is 8.78. The van der Waals surface area contributed by atoms with Crippen LogP contribution in [0.2, 0.25) is 0 Å². The van der Waals surface area contributed by atoms with Crippen LogP contribution in [-0.4, -0.2) is 36.9 Å². The highest BCUT2D eigenvalue weighted by atomic mass is 79.9. The maximum Gasteiger partial charge on any atom is 0.269 e. The van der Waals surface area contributed by atoms with Gasteiger partial charge in [0, 0.05) is 12.1 Å². The number of nitro groups is 1. The Labute approximate surface area is 221 Å². The van der Waals surface area contributed by atoms with Gasteiger partial charge < -0.3 is 18.9 Å². The molecule has 0 saturated carbocycles. The zero-order chi connectivity index (χ0) is 26.2. The Morgan fingerprint density at radius 2 is 1.81 bits per heavy atom. The zero-order valence-electron chi connectivity index (χ0n) is 19.9. The Hall–Kier alpha value is -4.12. The fraction of sp³-hybridized carbons (Fsp3) is 0.231. The van der Waals surface area contributed by atoms with Gasteiger partial charge in [-0.15, -0.1) is 0 Å². The number of benzene rings is 3. The smallest absolute Gasteiger partial charge is 0.269 e. The Kier molecular flexibility index (Phi) is 8.57. The number of carbonyl (C=O) groups is 1. The predicted octanol–water partition coefficient (Wildman–Crippen LogP) is 4.80. The van der Waals surface area contributed by atoms with E-state index in [0.717, 1.165) is 11.1 Å². The third-order valence-electron chi connectivity index (χ3n) is 5.24. The van der Waals surface area contributed by atoms with Crippen LogP contribution in [0, 0.1) is 10.1 Å². The molecule has 4 rings (SSSR count). The number of halogens is 1. The first-order valence-corrected chi connectivity index (χ1v) is 12.2. The van der Waals surface area contributed by atoms with Crippen LogP contribution in [0.5, 0.6) is 23.0 Å². The van der Waals surface area contributed by atoms with E-state index in [1.54, 1.807) is 36.4 Å². The molecule has 3 aromatic carbocycles. The maximum absolute atomic E-state index is 12.4. The largest absolute Gasteiger partial charge is 0.490 e. The molecule has 0 fully saturated rings. The van der Waals surface area contributed by atoms with E-state index < -0.39 is 4.92 Å². The zero-order valence-corrected chi connectivity index (χ0v) is 21.5. The fourth-order valence-electron chi connectivity index (χ4n) is 3.54. The molecule has 0 saturated heterocycles. The number of nitrogens with one attached hydrogen (secondary N) is 1. The number of amides is 1. The number of fused-ring (bicyclic) bond motifs is 1. The van der Waals surface area contributed by atoms with E-state index in [9.17, 15) is 14.9 Å². The van der Waals surface area contributed by atoms with Crippen molar-refractivity contribution in [3.63, 3.8) is 0 Å². The van der Waals surface area contributed by atoms with Crippen molar-refractivity contribution in [1.29, 1.82) is 0 Å². The molecule has 0 atom stereocenters. The summed E-state index contributed by atoms with van der Waals surface area (Å²) >= 11 is 3.50. The van der Waals surface area contributed by atoms with Crippen molar-refractivity contribution in [3.8, 4) is 23.0 Å². The number of hydrogen-bond donors (Lipinski definition) is 1. The molecule has 37 heavy (non-hydrogen) atoms. The lowest BCUT2D eigenvalue weighted by atomic mass is 10.1. The van der Waals surface area contributed by atoms with Crippen LogP contribution in [0.4, 0.5) is 5.69 Å². The molecule has 3 aromatic rings. The summed E-state index contributed by atoms with van der Waals surface area (Å²) in [4.78, 5) is 22.7. The molecule has 192 valence electrons. The SMILES string of the molecule is CCOc1cc(/C=N/NC(=O)Cc2ccc3c(c2)OCCO3)cc(Br)c1OCc1ccc([N+](=O)[O-])cc1. The lowest BCUT2D eigenvalue weighted by molar-refractivity contribution is -0.384. The van der Waals surface area contributed by atoms with Crippen molar-refractivity contribution in [1.82, 2.24) is 5.43 Å². The summed E-state index contributed by atoms with van der Waals surface area (Å²) in [5, 5.41) is 14.9. The number of non-ortho nitro benzene ring substituents is 1. The number of nitro benzene ring substituents is 1. The number of rotatable bonds is 10. The van der Waals surface area contributed by atoms with Crippen LogP contribution in [0.15, 0.2) is 64.2 Å². The molecule has 11 heteroatoms. The van der Waals surface area contributed by atoms with Crippen LogP contribution in [-0.2, 0) is 17.8 Å². The summed E-state index contributed by atoms with van der Waals surface area (Å²) < 4.78 is 23.4. The molecule has 0 aromatic heterocycles. The standard InChI is InChI=1S/C26H24BrN3O7/c1-2-34-24-13-19(11-21(27)26(24)37-16-17-3-6-20(7-4-17)30(32)33)15-28-29-25(31)14-18-5-8-22-23(12-18)36-10-9-35-22/h3-8,11-13,15H,2,9-10,14,16H2,1H3,(H,29,31)/b28-15+. The van der Waals surface area contributed by atoms with E-state index in [4.69, 9.17) is 18.9 Å². The van der Waals surface area contributed by atoms with Crippen molar-refractivity contribution in [2.75, 3.05) is 19.8 Å². The molecule has 0 radical (unpaired) electrons. The highest BCUT2D eigenvalue weighted by Gasteiger charge is 2.14. The van der Waals surface area contributed by atoms with Crippen LogP contribution >= 0.6 is 15.9 Å². The van der Waals surface area contributed by atoms with Crippen molar-refractivity contribution >= 4 is 33.7 Å². The van der Waals surface area contributed by atoms with Gasteiger partial charge in [-0.2, -0.15) is 5.10 Å². The molecule has 10 nitrogen and oxygen atoms in total. The monoisotopic (exact) mass is 569 g/mol. The minimum Gasteiger partial charge on any atom is -0.490 e. The third-order valence-corrected chi connectivity index (χ3v) is 5.83. The van der Waals surface area contributed by atoms with Crippen molar-refractivity contribution in [2.24, 2.45) is 5.10 Å². The Balaban J connectivity index is 1.38. The van der Waals surface area contributed by atoms with Crippen molar-refractivity contribution in [3.05, 3.63) is 85.9 Å². The fourth-order valence-corrected chi connectivity index (χ4v) is 4.11. The van der Waals surface area contributed by atoms with Gasteiger partial charge in [0.05, 0.1) is 28.6 Å². The van der Waals surface area contributed by atoms with Gasteiger partial charge in [-0.05, 0) is 75.9 Å². The molecule has 1 amide bonds. The number of hydrogen-bond acceptors (Lipinski definition) is 8. The minimum atomic E-state index is -0.449. The van der Waals surface area contributed by atoms with Crippen molar-refractivity contribution in [2.45, 2.75) is 20.0 Å². The topological polar surface area (TPSA) is 122 Å². The summed E-state index contributed by atoms with van der Waals surface area (Å²) in [6.45, 7) is 3.45. The van der Waals surface area contributed by atoms with Crippen LogP contribution in [0.25, 0.3) is 0 Å². The molecule has 1 N–H and O–H groups in total. The summed E-state index contributed by atoms with van der Waals surface area (Å²) in [6.07, 6.45) is 1.65. The van der Waals surface area contributed by atoms with E-state index in [0.29, 0.717) is 52.9 Å². The summed E-state index contributed by atoms with van der Waals surface area (Å²) in [6, 6.07) is 15.1. The molecule has 0 aliphatic carbocycles. The number of hydrazone groups is 1. The highest BCUT2D eigenvalue weighted by molar-refractivity contribution is 9.10. The highest BCUT2D eigenvalue weighted by Crippen LogP contribution is 2.37. The molecular weight excluding hydrogens is 546 g/mol. The number of carbonyl (C=O) groups excluding carboxylic acids is 1. The summed E-state index contributed by atoms with van der Waals surface area (Å²) in [7, 11) is 0. The Bertz CT molecular complexity index is 1310. The summed E-state index contributed by atoms with van der Waals surface area (Å²) in [5.74, 6) is 2.00. The lowest BCUT2D eigenvalue weighted by Crippen LogP contribution is -2.20. The second-order valence-electron chi connectivity index (χ2n) is 7.92. The number of nitrogens with zero attached hydrogens (tertiary/aromatic N) is 2. The average Bonchev–Trinajstić information content (AvgIpc) is 2.88. The molecule has 0 bridgehead atoms. The van der Waals surface area contributed by atoms with Crippen molar-refractivity contribution < 1.29 is 28.7 Å². The third kappa shape index (κ3) is 6.98. The van der Waals surface area contributed by atoms with Gasteiger partial charge in [0.1, 0.15) is 19.8 Å². The molecule has 0 spiro atoms. The van der Waals surface area contributed by atoms with Gasteiger partial charge in [0.25, 0.3) is 5.69 Å². The van der Waals surface area contributed by atoms with Gasteiger partial charge in [0.2, 0.25) is 5.91 Å². The normalized spacial score (nSPS) is 12.3. The predicted molar refractivity (Wildman–Crippen MR) is 140 cm³/mol. The lowest BCUT2D eigenvalue weighted by Gasteiger charge is -2.18. The Morgan fingerprint density at radius 3 is 2.54 bits per heavy atom. The molecule has 1 aliphatic heterocycles. The van der Waals surface area contributed by atoms with Gasteiger partial charge in [0.15, 0.2) is 23.0 Å². The maximum atomic E-state index is 12.4. The van der Waals surface area contributed by atoms with Gasteiger partial charge >= 0.3 is 0 Å². The van der Waals surface area contributed by atoms with E-state index in [1.807, 2.05) is 13.0 Å². The minimum absolute atomic E-state index is 0.0157. The molecule has 1 aliphatic rings. The first kappa shape index (κ1) is 26.0. The number of ether oxygens (including phenoxy) is 4. The first-order valence-electron chi connectivity index (χ1n) is 11.5. The van der Waals surface area contributed by atoms with E-state index >= 15 is 0 Å². The second kappa shape index (κ2) is 12.2.